The summed E-state index contributed by atoms with van der Waals surface area (Å²) in [5, 5.41) is 22.7. The van der Waals surface area contributed by atoms with Gasteiger partial charge in [0.05, 0.1) is 29.3 Å². The summed E-state index contributed by atoms with van der Waals surface area (Å²) in [6, 6.07) is -0.210. The Hall–Kier alpha value is -3.91. The van der Waals surface area contributed by atoms with Gasteiger partial charge in [-0.25, -0.2) is 14.2 Å². The molecule has 2 aromatic heterocycles. The molecule has 3 aliphatic rings. The molecule has 5 heterocycles. The molecule has 0 unspecified atom stereocenters. The van der Waals surface area contributed by atoms with Gasteiger partial charge in [0.1, 0.15) is 12.4 Å². The molecule has 4 atom stereocenters. The van der Waals surface area contributed by atoms with Gasteiger partial charge in [-0.2, -0.15) is 9.78 Å². The van der Waals surface area contributed by atoms with Crippen molar-refractivity contribution in [1.82, 2.24) is 30.6 Å². The van der Waals surface area contributed by atoms with Gasteiger partial charge in [0, 0.05) is 13.0 Å². The molecule has 0 aliphatic carbocycles. The number of morpholine rings is 1. The van der Waals surface area contributed by atoms with Crippen molar-refractivity contribution in [3.63, 3.8) is 0 Å². The van der Waals surface area contributed by atoms with Crippen molar-refractivity contribution in [1.29, 1.82) is 0 Å². The number of nitrogens with zero attached hydrogens (tertiary/aromatic N) is 5. The first kappa shape index (κ1) is 22.5. The molecule has 6 rings (SSSR count). The van der Waals surface area contributed by atoms with Crippen LogP contribution in [-0.4, -0.2) is 67.7 Å². The number of hydrogen-bond acceptors (Lipinski definition) is 10. The summed E-state index contributed by atoms with van der Waals surface area (Å²) >= 11 is 0. The van der Waals surface area contributed by atoms with Crippen molar-refractivity contribution < 1.29 is 33.1 Å². The Kier molecular flexibility index (Phi) is 4.72. The lowest BCUT2D eigenvalue weighted by Gasteiger charge is -2.55. The molecule has 4 amide bonds. The molecule has 188 valence electrons. The van der Waals surface area contributed by atoms with E-state index in [2.05, 4.69) is 25.9 Å². The fourth-order valence-corrected chi connectivity index (χ4v) is 5.79. The van der Waals surface area contributed by atoms with E-state index < -0.39 is 47.3 Å². The van der Waals surface area contributed by atoms with Gasteiger partial charge < -0.3 is 19.3 Å². The van der Waals surface area contributed by atoms with Crippen LogP contribution in [0.15, 0.2) is 16.9 Å². The van der Waals surface area contributed by atoms with E-state index in [0.717, 1.165) is 0 Å². The number of urea groups is 1. The minimum Gasteiger partial charge on any atom is -0.385 e. The van der Waals surface area contributed by atoms with Gasteiger partial charge in [-0.3, -0.25) is 20.2 Å². The van der Waals surface area contributed by atoms with E-state index in [1.165, 1.54) is 17.9 Å². The number of aliphatic hydroxyl groups excluding tert-OH is 1. The third-order valence-electron chi connectivity index (χ3n) is 7.09. The predicted octanol–water partition coefficient (Wildman–Crippen LogP) is 0.492. The summed E-state index contributed by atoms with van der Waals surface area (Å²) in [7, 11) is 0. The SMILES string of the molecule is C[C@@H]1CN2c3c(cc4c(-n5ncnc5[C@@H](C)O)noc4c3F)CC3(C(=O)NC(=O)NC3=O)[C@H]2[C@H](C)O1. The van der Waals surface area contributed by atoms with Crippen molar-refractivity contribution in [2.45, 2.75) is 51.5 Å². The second-order valence-corrected chi connectivity index (χ2v) is 9.42. The topological polar surface area (TPSA) is 165 Å². The molecule has 3 aliphatic heterocycles. The Labute approximate surface area is 202 Å². The molecule has 1 spiro atoms. The Morgan fingerprint density at radius 2 is 1.97 bits per heavy atom. The molecule has 2 saturated heterocycles. The lowest BCUT2D eigenvalue weighted by Crippen LogP contribution is -2.75. The van der Waals surface area contributed by atoms with Crippen LogP contribution in [0.3, 0.4) is 0 Å². The number of rotatable bonds is 2. The van der Waals surface area contributed by atoms with E-state index in [0.29, 0.717) is 5.56 Å². The van der Waals surface area contributed by atoms with E-state index in [-0.39, 0.29) is 47.4 Å². The molecule has 1 aromatic carbocycles. The maximum atomic E-state index is 16.1. The van der Waals surface area contributed by atoms with Crippen molar-refractivity contribution in [2.75, 3.05) is 11.4 Å². The number of aliphatic hydroxyl groups is 1. The number of ether oxygens (including phenoxy) is 1. The highest BCUT2D eigenvalue weighted by Crippen LogP contribution is 2.49. The number of imide groups is 2. The number of carbonyl (C=O) groups excluding carboxylic acids is 3. The lowest BCUT2D eigenvalue weighted by molar-refractivity contribution is -0.153. The van der Waals surface area contributed by atoms with E-state index in [4.69, 9.17) is 9.26 Å². The minimum absolute atomic E-state index is 0.0905. The molecule has 13 nitrogen and oxygen atoms in total. The number of barbiturate groups is 1. The number of anilines is 1. The minimum atomic E-state index is -1.75. The van der Waals surface area contributed by atoms with E-state index in [1.54, 1.807) is 17.9 Å². The van der Waals surface area contributed by atoms with Crippen LogP contribution in [0.4, 0.5) is 14.9 Å². The zero-order valence-corrected chi connectivity index (χ0v) is 19.5. The summed E-state index contributed by atoms with van der Waals surface area (Å²) in [4.78, 5) is 44.2. The quantitative estimate of drug-likeness (QED) is 0.423. The third kappa shape index (κ3) is 2.88. The van der Waals surface area contributed by atoms with E-state index >= 15 is 4.39 Å². The van der Waals surface area contributed by atoms with Crippen LogP contribution in [0.2, 0.25) is 0 Å². The van der Waals surface area contributed by atoms with Gasteiger partial charge >= 0.3 is 6.03 Å². The van der Waals surface area contributed by atoms with Crippen LogP contribution in [0.1, 0.15) is 38.3 Å². The predicted molar refractivity (Wildman–Crippen MR) is 118 cm³/mol. The van der Waals surface area contributed by atoms with Crippen LogP contribution in [0, 0.1) is 11.2 Å². The molecule has 2 fully saturated rings. The molecule has 0 radical (unpaired) electrons. The average Bonchev–Trinajstić information content (AvgIpc) is 3.43. The van der Waals surface area contributed by atoms with E-state index in [1.807, 2.05) is 6.92 Å². The zero-order chi connectivity index (χ0) is 25.5. The smallest absolute Gasteiger partial charge is 0.328 e. The van der Waals surface area contributed by atoms with Crippen molar-refractivity contribution in [3.05, 3.63) is 29.6 Å². The third-order valence-corrected chi connectivity index (χ3v) is 7.09. The average molecular weight is 499 g/mol. The maximum Gasteiger partial charge on any atom is 0.328 e. The van der Waals surface area contributed by atoms with Gasteiger partial charge in [-0.05, 0) is 32.4 Å². The van der Waals surface area contributed by atoms with Gasteiger partial charge in [0.25, 0.3) is 0 Å². The van der Waals surface area contributed by atoms with Gasteiger partial charge in [-0.1, -0.05) is 5.16 Å². The number of fused-ring (bicyclic) bond motifs is 5. The first-order valence-corrected chi connectivity index (χ1v) is 11.4. The second-order valence-electron chi connectivity index (χ2n) is 9.42. The molecule has 36 heavy (non-hydrogen) atoms. The summed E-state index contributed by atoms with van der Waals surface area (Å²) in [6.45, 7) is 5.21. The van der Waals surface area contributed by atoms with Crippen LogP contribution in [0.5, 0.6) is 0 Å². The molecule has 0 bridgehead atoms. The number of amides is 4. The molecular weight excluding hydrogens is 477 g/mol. The first-order chi connectivity index (χ1) is 17.1. The van der Waals surface area contributed by atoms with E-state index in [9.17, 15) is 19.5 Å². The highest BCUT2D eigenvalue weighted by Gasteiger charge is 2.63. The summed E-state index contributed by atoms with van der Waals surface area (Å²) in [6.07, 6.45) is -0.944. The molecular formula is C22H22FN7O6. The fourth-order valence-electron chi connectivity index (χ4n) is 5.79. The zero-order valence-electron chi connectivity index (χ0n) is 19.5. The van der Waals surface area contributed by atoms with Gasteiger partial charge in [0.15, 0.2) is 17.1 Å². The maximum absolute atomic E-state index is 16.1. The number of nitrogens with one attached hydrogen (secondary N) is 2. The largest absolute Gasteiger partial charge is 0.385 e. The number of aromatic nitrogens is 4. The van der Waals surface area contributed by atoms with Crippen LogP contribution >= 0.6 is 0 Å². The Morgan fingerprint density at radius 1 is 1.25 bits per heavy atom. The molecule has 3 aromatic rings. The monoisotopic (exact) mass is 499 g/mol. The normalized spacial score (nSPS) is 26.0. The lowest BCUT2D eigenvalue weighted by atomic mass is 9.66. The molecule has 14 heteroatoms. The number of hydrogen-bond donors (Lipinski definition) is 3. The van der Waals surface area contributed by atoms with Gasteiger partial charge in [-0.15, -0.1) is 0 Å². The Bertz CT molecular complexity index is 1430. The highest BCUT2D eigenvalue weighted by atomic mass is 19.1. The standard InChI is InChI=1S/C22H22FN7O6/c1-8-6-29-14-11(5-22(16(29)10(3)35-8)19(32)26-21(34)27-20(22)33)4-12-15(13(14)23)36-28-18(12)30-17(9(2)31)24-7-25-30/h4,7-10,16,31H,5-6H2,1-3H3,(H2,26,27,32,33,34)/t8-,9-,10+,16-/m1/s1. The number of halogens is 1. The molecule has 0 saturated carbocycles. The Balaban J connectivity index is 1.60. The fraction of sp³-hybridized carbons (Fsp3) is 0.455. The summed E-state index contributed by atoms with van der Waals surface area (Å²) in [5.74, 6) is -2.01. The number of carbonyl (C=O) groups is 3. The van der Waals surface area contributed by atoms with Crippen molar-refractivity contribution in [3.8, 4) is 5.82 Å². The van der Waals surface area contributed by atoms with Crippen LogP contribution in [0.25, 0.3) is 16.8 Å². The van der Waals surface area contributed by atoms with Gasteiger partial charge in [0.2, 0.25) is 23.2 Å². The summed E-state index contributed by atoms with van der Waals surface area (Å²) < 4.78 is 28.7. The van der Waals surface area contributed by atoms with Crippen LogP contribution < -0.4 is 15.5 Å². The Morgan fingerprint density at radius 3 is 2.67 bits per heavy atom. The number of benzene rings is 1. The van der Waals surface area contributed by atoms with Crippen molar-refractivity contribution >= 4 is 34.5 Å². The summed E-state index contributed by atoms with van der Waals surface area (Å²) in [5.41, 5.74) is -1.38. The first-order valence-electron chi connectivity index (χ1n) is 11.4. The van der Waals surface area contributed by atoms with Crippen LogP contribution in [-0.2, 0) is 20.7 Å². The van der Waals surface area contributed by atoms with Crippen molar-refractivity contribution in [2.24, 2.45) is 5.41 Å². The highest BCUT2D eigenvalue weighted by molar-refractivity contribution is 6.20. The second kappa shape index (κ2) is 7.54. The molecule has 3 N–H and O–H groups in total.